The Bertz CT molecular complexity index is 899. The van der Waals surface area contributed by atoms with Gasteiger partial charge in [-0.2, -0.15) is 0 Å². The molecule has 0 aromatic heterocycles. The van der Waals surface area contributed by atoms with Gasteiger partial charge in [0.15, 0.2) is 5.78 Å². The SMILES string of the molecule is COC(=O)[C@@H]1N[C@@H](c2ccc3ccccc3c2)C2C=CC=CC1C2=O. The lowest BCUT2D eigenvalue weighted by Gasteiger charge is -2.38. The van der Waals surface area contributed by atoms with Gasteiger partial charge in [0.1, 0.15) is 6.04 Å². The molecule has 0 spiro atoms. The molecule has 126 valence electrons. The van der Waals surface area contributed by atoms with E-state index in [0.717, 1.165) is 16.3 Å². The van der Waals surface area contributed by atoms with Crippen LogP contribution in [0, 0.1) is 11.8 Å². The van der Waals surface area contributed by atoms with Gasteiger partial charge in [-0.25, -0.2) is 0 Å². The van der Waals surface area contributed by atoms with Crippen molar-refractivity contribution < 1.29 is 14.3 Å². The normalized spacial score (nSPS) is 28.0. The monoisotopic (exact) mass is 333 g/mol. The van der Waals surface area contributed by atoms with E-state index in [9.17, 15) is 9.59 Å². The summed E-state index contributed by atoms with van der Waals surface area (Å²) in [6.07, 6.45) is 7.42. The molecule has 0 radical (unpaired) electrons. The van der Waals surface area contributed by atoms with Crippen LogP contribution in [0.25, 0.3) is 10.8 Å². The number of nitrogens with one attached hydrogen (secondary N) is 1. The first-order chi connectivity index (χ1) is 12.2. The lowest BCUT2D eigenvalue weighted by Crippen LogP contribution is -2.55. The van der Waals surface area contributed by atoms with E-state index in [-0.39, 0.29) is 17.7 Å². The Hall–Kier alpha value is -2.72. The summed E-state index contributed by atoms with van der Waals surface area (Å²) in [5.41, 5.74) is 0.996. The molecule has 0 amide bonds. The lowest BCUT2D eigenvalue weighted by atomic mass is 9.77. The van der Waals surface area contributed by atoms with Gasteiger partial charge in [0, 0.05) is 6.04 Å². The molecular weight excluding hydrogens is 314 g/mol. The molecule has 2 aliphatic rings. The van der Waals surface area contributed by atoms with Gasteiger partial charge >= 0.3 is 5.97 Å². The van der Waals surface area contributed by atoms with Crippen molar-refractivity contribution in [2.24, 2.45) is 11.8 Å². The first kappa shape index (κ1) is 15.8. The van der Waals surface area contributed by atoms with Crippen molar-refractivity contribution in [2.45, 2.75) is 12.1 Å². The summed E-state index contributed by atoms with van der Waals surface area (Å²) in [6, 6.07) is 13.3. The number of hydrogen-bond acceptors (Lipinski definition) is 4. The average Bonchev–Trinajstić information content (AvgIpc) is 2.77. The number of carbonyl (C=O) groups is 2. The van der Waals surface area contributed by atoms with Gasteiger partial charge in [-0.3, -0.25) is 14.9 Å². The zero-order chi connectivity index (χ0) is 17.4. The van der Waals surface area contributed by atoms with Crippen molar-refractivity contribution in [3.8, 4) is 0 Å². The van der Waals surface area contributed by atoms with Crippen LogP contribution in [0.1, 0.15) is 11.6 Å². The fourth-order valence-corrected chi connectivity index (χ4v) is 3.78. The van der Waals surface area contributed by atoms with Crippen molar-refractivity contribution in [2.75, 3.05) is 7.11 Å². The number of rotatable bonds is 2. The predicted molar refractivity (Wildman–Crippen MR) is 95.9 cm³/mol. The summed E-state index contributed by atoms with van der Waals surface area (Å²) in [5, 5.41) is 5.62. The number of esters is 1. The van der Waals surface area contributed by atoms with Gasteiger partial charge in [-0.05, 0) is 22.4 Å². The number of carbonyl (C=O) groups excluding carboxylic acids is 2. The fourth-order valence-electron chi connectivity index (χ4n) is 3.78. The Morgan fingerprint density at radius 1 is 1.00 bits per heavy atom. The van der Waals surface area contributed by atoms with E-state index in [0.29, 0.717) is 0 Å². The average molecular weight is 333 g/mol. The molecular formula is C21H19NO3. The second-order valence-corrected chi connectivity index (χ2v) is 6.48. The third kappa shape index (κ3) is 2.68. The molecule has 2 unspecified atom stereocenters. The van der Waals surface area contributed by atoms with E-state index >= 15 is 0 Å². The Morgan fingerprint density at radius 3 is 2.48 bits per heavy atom. The molecule has 2 bridgehead atoms. The second-order valence-electron chi connectivity index (χ2n) is 6.48. The first-order valence-corrected chi connectivity index (χ1v) is 8.40. The summed E-state index contributed by atoms with van der Waals surface area (Å²) >= 11 is 0. The molecule has 2 aromatic rings. The van der Waals surface area contributed by atoms with Crippen LogP contribution in [-0.4, -0.2) is 24.9 Å². The van der Waals surface area contributed by atoms with E-state index in [1.54, 1.807) is 6.08 Å². The molecule has 25 heavy (non-hydrogen) atoms. The topological polar surface area (TPSA) is 55.4 Å². The van der Waals surface area contributed by atoms with E-state index in [4.69, 9.17) is 4.74 Å². The molecule has 2 aromatic carbocycles. The maximum Gasteiger partial charge on any atom is 0.323 e. The zero-order valence-corrected chi connectivity index (χ0v) is 13.9. The van der Waals surface area contributed by atoms with E-state index < -0.39 is 17.9 Å². The minimum Gasteiger partial charge on any atom is -0.468 e. The Morgan fingerprint density at radius 2 is 1.72 bits per heavy atom. The Balaban J connectivity index is 1.78. The Labute approximate surface area is 146 Å². The highest BCUT2D eigenvalue weighted by Gasteiger charge is 2.45. The molecule has 0 saturated carbocycles. The highest BCUT2D eigenvalue weighted by molar-refractivity contribution is 5.95. The first-order valence-electron chi connectivity index (χ1n) is 8.40. The number of ketones is 1. The number of hydrogen-bond donors (Lipinski definition) is 1. The molecule has 1 N–H and O–H groups in total. The summed E-state index contributed by atoms with van der Waals surface area (Å²) in [7, 11) is 1.35. The largest absolute Gasteiger partial charge is 0.468 e. The van der Waals surface area contributed by atoms with E-state index in [1.807, 2.05) is 36.4 Å². The lowest BCUT2D eigenvalue weighted by molar-refractivity contribution is -0.149. The van der Waals surface area contributed by atoms with Crippen LogP contribution < -0.4 is 5.32 Å². The molecule has 1 aliphatic carbocycles. The Kier molecular flexibility index (Phi) is 3.98. The molecule has 1 fully saturated rings. The van der Waals surface area contributed by atoms with Crippen molar-refractivity contribution in [3.63, 3.8) is 0 Å². The van der Waals surface area contributed by atoms with Crippen LogP contribution in [-0.2, 0) is 14.3 Å². The summed E-state index contributed by atoms with van der Waals surface area (Å²) in [5.74, 6) is -1.15. The third-order valence-electron chi connectivity index (χ3n) is 5.07. The van der Waals surface area contributed by atoms with Crippen LogP contribution in [0.3, 0.4) is 0 Å². The molecule has 1 heterocycles. The number of methoxy groups -OCH3 is 1. The second kappa shape index (κ2) is 6.30. The van der Waals surface area contributed by atoms with Crippen molar-refractivity contribution in [1.82, 2.24) is 5.32 Å². The minimum atomic E-state index is -0.665. The summed E-state index contributed by atoms with van der Waals surface area (Å²) in [4.78, 5) is 25.2. The van der Waals surface area contributed by atoms with Gasteiger partial charge in [-0.1, -0.05) is 60.7 Å². The summed E-state index contributed by atoms with van der Waals surface area (Å²) in [6.45, 7) is 0. The van der Waals surface area contributed by atoms with Gasteiger partial charge < -0.3 is 4.74 Å². The van der Waals surface area contributed by atoms with Crippen molar-refractivity contribution >= 4 is 22.5 Å². The van der Waals surface area contributed by atoms with E-state index in [2.05, 4.69) is 29.6 Å². The van der Waals surface area contributed by atoms with Gasteiger partial charge in [-0.15, -0.1) is 0 Å². The quantitative estimate of drug-likeness (QED) is 0.859. The van der Waals surface area contributed by atoms with Crippen LogP contribution in [0.5, 0.6) is 0 Å². The minimum absolute atomic E-state index is 0.0531. The molecule has 1 aliphatic heterocycles. The zero-order valence-electron chi connectivity index (χ0n) is 13.9. The van der Waals surface area contributed by atoms with Crippen molar-refractivity contribution in [1.29, 1.82) is 0 Å². The predicted octanol–water partition coefficient (Wildman–Crippen LogP) is 2.95. The number of ether oxygens (including phenoxy) is 1. The standard InChI is InChI=1S/C21H19NO3/c1-25-21(24)19-17-9-5-4-8-16(20(17)23)18(22-19)15-11-10-13-6-2-3-7-14(13)12-15/h2-12,16-19,22H,1H3/t16?,17?,18-,19+/m0/s1. The number of Topliss-reactive ketones (excluding diaryl/α,β-unsaturated/α-hetero) is 1. The van der Waals surface area contributed by atoms with Crippen LogP contribution >= 0.6 is 0 Å². The van der Waals surface area contributed by atoms with Gasteiger partial charge in [0.05, 0.1) is 18.9 Å². The molecule has 4 atom stereocenters. The van der Waals surface area contributed by atoms with E-state index in [1.165, 1.54) is 7.11 Å². The van der Waals surface area contributed by atoms with Crippen LogP contribution in [0.4, 0.5) is 0 Å². The van der Waals surface area contributed by atoms with Crippen molar-refractivity contribution in [3.05, 3.63) is 72.3 Å². The number of allylic oxidation sites excluding steroid dienone is 2. The highest BCUT2D eigenvalue weighted by Crippen LogP contribution is 2.36. The number of fused-ring (bicyclic) bond motifs is 3. The third-order valence-corrected chi connectivity index (χ3v) is 5.07. The molecule has 4 rings (SSSR count). The van der Waals surface area contributed by atoms with Gasteiger partial charge in [0.2, 0.25) is 0 Å². The molecule has 4 nitrogen and oxygen atoms in total. The summed E-state index contributed by atoms with van der Waals surface area (Å²) < 4.78 is 4.92. The highest BCUT2D eigenvalue weighted by atomic mass is 16.5. The van der Waals surface area contributed by atoms with Crippen LogP contribution in [0.15, 0.2) is 66.8 Å². The number of benzene rings is 2. The maximum absolute atomic E-state index is 13.0. The van der Waals surface area contributed by atoms with Crippen LogP contribution in [0.2, 0.25) is 0 Å². The fraction of sp³-hybridized carbons (Fsp3) is 0.238. The van der Waals surface area contributed by atoms with Gasteiger partial charge in [0.25, 0.3) is 0 Å². The smallest absolute Gasteiger partial charge is 0.323 e. The molecule has 4 heteroatoms. The maximum atomic E-state index is 13.0. The molecule has 1 saturated heterocycles. The number of piperidine rings is 1.